The highest BCUT2D eigenvalue weighted by atomic mass is 16.4. The van der Waals surface area contributed by atoms with Crippen molar-refractivity contribution >= 4 is 21.6 Å². The topological polar surface area (TPSA) is 26.3 Å². The molecule has 0 fully saturated rings. The van der Waals surface area contributed by atoms with E-state index in [-0.39, 0.29) is 6.61 Å². The third-order valence-electron chi connectivity index (χ3n) is 0.226. The van der Waals surface area contributed by atoms with Crippen LogP contribution in [0.25, 0.3) is 0 Å². The van der Waals surface area contributed by atoms with Gasteiger partial charge in [-0.15, -0.1) is 0 Å². The Hall–Kier alpha value is -0.240. The minimum atomic E-state index is -0.558. The first-order chi connectivity index (χ1) is 2.77. The van der Waals surface area contributed by atoms with E-state index < -0.39 is 5.68 Å². The van der Waals surface area contributed by atoms with Crippen molar-refractivity contribution < 1.29 is 9.45 Å². The SMILES string of the molecule is [B]OCC([B])=O. The Balaban J connectivity index is 2.83. The van der Waals surface area contributed by atoms with E-state index in [4.69, 9.17) is 0 Å². The van der Waals surface area contributed by atoms with Gasteiger partial charge in [-0.05, 0) is 0 Å². The van der Waals surface area contributed by atoms with E-state index in [0.717, 1.165) is 0 Å². The van der Waals surface area contributed by atoms with Gasteiger partial charge in [-0.3, -0.25) is 0 Å². The molecule has 0 aromatic rings. The van der Waals surface area contributed by atoms with E-state index in [9.17, 15) is 4.79 Å². The van der Waals surface area contributed by atoms with Crippen LogP contribution in [0.15, 0.2) is 0 Å². The van der Waals surface area contributed by atoms with Gasteiger partial charge in [-0.25, -0.2) is 0 Å². The zero-order valence-electron chi connectivity index (χ0n) is 3.18. The molecule has 0 aliphatic rings. The van der Waals surface area contributed by atoms with Gasteiger partial charge in [0, 0.05) is 0 Å². The third-order valence-corrected chi connectivity index (χ3v) is 0.226. The fourth-order valence-electron chi connectivity index (χ4n) is 0.0821. The van der Waals surface area contributed by atoms with Crippen LogP contribution in [0, 0.1) is 0 Å². The summed E-state index contributed by atoms with van der Waals surface area (Å²) in [5, 5.41) is 0. The molecule has 0 atom stereocenters. The van der Waals surface area contributed by atoms with Crippen LogP contribution in [0.3, 0.4) is 0 Å². The molecule has 0 aromatic heterocycles. The fourth-order valence-corrected chi connectivity index (χ4v) is 0.0821. The maximum atomic E-state index is 9.62. The molecule has 0 saturated heterocycles. The van der Waals surface area contributed by atoms with Crippen molar-refractivity contribution in [2.45, 2.75) is 0 Å². The standard InChI is InChI=1S/C2H2B2O2/c3-2(5)1-6-4/h1H2. The van der Waals surface area contributed by atoms with Crippen molar-refractivity contribution in [3.63, 3.8) is 0 Å². The summed E-state index contributed by atoms with van der Waals surface area (Å²) in [5.74, 6) is 0. The van der Waals surface area contributed by atoms with Gasteiger partial charge in [-0.2, -0.15) is 0 Å². The lowest BCUT2D eigenvalue weighted by Crippen LogP contribution is -2.04. The predicted octanol–water partition coefficient (Wildman–Crippen LogP) is -1.22. The fraction of sp³-hybridized carbons (Fsp3) is 0.500. The van der Waals surface area contributed by atoms with Crippen LogP contribution in [0.2, 0.25) is 0 Å². The lowest BCUT2D eigenvalue weighted by Gasteiger charge is -1.86. The summed E-state index contributed by atoms with van der Waals surface area (Å²) in [4.78, 5) is 9.62. The molecule has 2 nitrogen and oxygen atoms in total. The van der Waals surface area contributed by atoms with Crippen molar-refractivity contribution in [1.82, 2.24) is 0 Å². The van der Waals surface area contributed by atoms with Crippen LogP contribution in [0.4, 0.5) is 0 Å². The van der Waals surface area contributed by atoms with Gasteiger partial charge in [0.05, 0.1) is 12.3 Å². The molecule has 0 spiro atoms. The van der Waals surface area contributed by atoms with E-state index in [2.05, 4.69) is 20.5 Å². The minimum Gasteiger partial charge on any atom is -0.442 e. The molecule has 0 aliphatic carbocycles. The number of carbonyl (C=O) groups is 1. The molecule has 4 heteroatoms. The maximum absolute atomic E-state index is 9.62. The highest BCUT2D eigenvalue weighted by molar-refractivity contribution is 6.58. The van der Waals surface area contributed by atoms with Crippen LogP contribution in [0.5, 0.6) is 0 Å². The summed E-state index contributed by atoms with van der Waals surface area (Å²) in [6.45, 7) is -0.208. The molecule has 4 radical (unpaired) electrons. The Morgan fingerprint density at radius 2 is 2.33 bits per heavy atom. The van der Waals surface area contributed by atoms with Gasteiger partial charge in [-0.1, -0.05) is 0 Å². The Morgan fingerprint density at radius 1 is 1.83 bits per heavy atom. The molecule has 0 rings (SSSR count). The van der Waals surface area contributed by atoms with Crippen LogP contribution in [0.1, 0.15) is 0 Å². The van der Waals surface area contributed by atoms with Gasteiger partial charge >= 0.3 is 0 Å². The average molecular weight is 79.7 g/mol. The van der Waals surface area contributed by atoms with Crippen molar-refractivity contribution in [2.75, 3.05) is 6.61 Å². The van der Waals surface area contributed by atoms with Crippen LogP contribution in [-0.2, 0) is 9.45 Å². The van der Waals surface area contributed by atoms with Gasteiger partial charge in [0.15, 0.2) is 7.85 Å². The molecule has 0 heterocycles. The molecule has 6 heavy (non-hydrogen) atoms. The van der Waals surface area contributed by atoms with Crippen molar-refractivity contribution in [3.8, 4) is 0 Å². The Labute approximate surface area is 38.7 Å². The summed E-state index contributed by atoms with van der Waals surface area (Å²) >= 11 is 0. The zero-order valence-corrected chi connectivity index (χ0v) is 3.18. The molecule has 0 aliphatic heterocycles. The van der Waals surface area contributed by atoms with Crippen LogP contribution < -0.4 is 0 Å². The second-order valence-electron chi connectivity index (χ2n) is 0.777. The van der Waals surface area contributed by atoms with E-state index in [0.29, 0.717) is 0 Å². The summed E-state index contributed by atoms with van der Waals surface area (Å²) in [5.41, 5.74) is -0.558. The number of rotatable bonds is 2. The quantitative estimate of drug-likeness (QED) is 0.388. The van der Waals surface area contributed by atoms with Crippen LogP contribution in [-0.4, -0.2) is 28.2 Å². The summed E-state index contributed by atoms with van der Waals surface area (Å²) in [7, 11) is 8.99. The molecule has 0 bridgehead atoms. The third kappa shape index (κ3) is 3.76. The minimum absolute atomic E-state index is 0.208. The first-order valence-electron chi connectivity index (χ1n) is 1.37. The van der Waals surface area contributed by atoms with E-state index in [1.165, 1.54) is 0 Å². The number of hydrogen-bond donors (Lipinski definition) is 0. The number of hydrogen-bond acceptors (Lipinski definition) is 2. The lowest BCUT2D eigenvalue weighted by molar-refractivity contribution is -0.113. The highest BCUT2D eigenvalue weighted by Crippen LogP contribution is 1.59. The smallest absolute Gasteiger partial charge is 0.283 e. The lowest BCUT2D eigenvalue weighted by atomic mass is 10.0. The highest BCUT2D eigenvalue weighted by Gasteiger charge is 1.83. The van der Waals surface area contributed by atoms with Crippen molar-refractivity contribution in [2.24, 2.45) is 0 Å². The summed E-state index contributed by atoms with van der Waals surface area (Å²) < 4.78 is 3.83. The molecule has 28 valence electrons. The largest absolute Gasteiger partial charge is 0.442 e. The van der Waals surface area contributed by atoms with Gasteiger partial charge < -0.3 is 9.45 Å². The van der Waals surface area contributed by atoms with Crippen molar-refractivity contribution in [1.29, 1.82) is 0 Å². The first-order valence-corrected chi connectivity index (χ1v) is 1.37. The second-order valence-corrected chi connectivity index (χ2v) is 0.777. The Bertz CT molecular complexity index is 53.5. The first kappa shape index (κ1) is 5.76. The van der Waals surface area contributed by atoms with Crippen molar-refractivity contribution in [3.05, 3.63) is 0 Å². The monoisotopic (exact) mass is 80.0 g/mol. The summed E-state index contributed by atoms with van der Waals surface area (Å²) in [6.07, 6.45) is 0. The average Bonchev–Trinajstić information content (AvgIpc) is 1.35. The summed E-state index contributed by atoms with van der Waals surface area (Å²) in [6, 6.07) is 0. The Kier molecular flexibility index (Phi) is 2.85. The molecular formula is C2H2B2O2. The maximum Gasteiger partial charge on any atom is 0.283 e. The van der Waals surface area contributed by atoms with E-state index >= 15 is 0 Å². The molecule has 0 saturated carbocycles. The second kappa shape index (κ2) is 2.97. The molecule has 0 N–H and O–H groups in total. The van der Waals surface area contributed by atoms with E-state index in [1.54, 1.807) is 0 Å². The Morgan fingerprint density at radius 3 is 2.33 bits per heavy atom. The number of carbonyl (C=O) groups excluding carboxylic acids is 1. The molecule has 0 unspecified atom stereocenters. The zero-order chi connectivity index (χ0) is 4.99. The molecular weight excluding hydrogens is 77.6 g/mol. The van der Waals surface area contributed by atoms with E-state index in [1.807, 2.05) is 0 Å². The molecule has 0 aromatic carbocycles. The van der Waals surface area contributed by atoms with Gasteiger partial charge in [0.1, 0.15) is 0 Å². The van der Waals surface area contributed by atoms with Gasteiger partial charge in [0.2, 0.25) is 0 Å². The van der Waals surface area contributed by atoms with Crippen LogP contribution >= 0.6 is 0 Å². The molecule has 0 amide bonds. The normalized spacial score (nSPS) is 8.00. The van der Waals surface area contributed by atoms with Gasteiger partial charge in [0.25, 0.3) is 8.05 Å². The predicted molar refractivity (Wildman–Crippen MR) is 22.5 cm³/mol.